The molecule has 3 nitrogen and oxygen atoms in total. The molecule has 17 heavy (non-hydrogen) atoms. The molecule has 0 aromatic carbocycles. The first kappa shape index (κ1) is 12.1. The zero-order chi connectivity index (χ0) is 11.9. The Morgan fingerprint density at radius 2 is 2.41 bits per heavy atom. The minimum absolute atomic E-state index is 0.414. The van der Waals surface area contributed by atoms with Crippen LogP contribution >= 0.6 is 0 Å². The van der Waals surface area contributed by atoms with Gasteiger partial charge < -0.3 is 10.1 Å². The molecule has 92 valence electrons. The summed E-state index contributed by atoms with van der Waals surface area (Å²) in [4.78, 5) is 4.35. The van der Waals surface area contributed by atoms with Gasteiger partial charge >= 0.3 is 0 Å². The van der Waals surface area contributed by atoms with Crippen LogP contribution in [0.2, 0.25) is 0 Å². The number of likely N-dealkylation sites (N-methyl/N-ethyl adjacent to an activating group) is 1. The highest BCUT2D eigenvalue weighted by atomic mass is 16.5. The van der Waals surface area contributed by atoms with E-state index < -0.39 is 0 Å². The molecule has 1 N–H and O–H groups in total. The highest BCUT2D eigenvalue weighted by molar-refractivity contribution is 5.11. The van der Waals surface area contributed by atoms with Crippen LogP contribution < -0.4 is 5.32 Å². The summed E-state index contributed by atoms with van der Waals surface area (Å²) in [6.45, 7) is 0.861. The van der Waals surface area contributed by atoms with Crippen LogP contribution in [0.15, 0.2) is 36.2 Å². The Labute approximate surface area is 103 Å². The first-order valence-corrected chi connectivity index (χ1v) is 6.28. The van der Waals surface area contributed by atoms with Gasteiger partial charge in [-0.15, -0.1) is 0 Å². The second-order valence-electron chi connectivity index (χ2n) is 4.37. The SMILES string of the molecule is CNC(CCc1ccccn1)C1=COCCC1. The predicted octanol–water partition coefficient (Wildman–Crippen LogP) is 2.30. The molecule has 2 heterocycles. The third-order valence-electron chi connectivity index (χ3n) is 3.17. The summed E-state index contributed by atoms with van der Waals surface area (Å²) in [5.41, 5.74) is 2.54. The van der Waals surface area contributed by atoms with Gasteiger partial charge in [0.25, 0.3) is 0 Å². The zero-order valence-corrected chi connectivity index (χ0v) is 10.4. The molecule has 1 aromatic heterocycles. The summed E-state index contributed by atoms with van der Waals surface area (Å²) in [7, 11) is 2.01. The van der Waals surface area contributed by atoms with E-state index in [1.165, 1.54) is 5.57 Å². The smallest absolute Gasteiger partial charge is 0.0876 e. The van der Waals surface area contributed by atoms with E-state index in [9.17, 15) is 0 Å². The summed E-state index contributed by atoms with van der Waals surface area (Å²) < 4.78 is 5.40. The van der Waals surface area contributed by atoms with Crippen molar-refractivity contribution in [1.82, 2.24) is 10.3 Å². The predicted molar refractivity (Wildman–Crippen MR) is 68.7 cm³/mol. The standard InChI is InChI=1S/C14H20N2O/c1-15-14(12-5-4-10-17-11-12)8-7-13-6-2-3-9-16-13/h2-3,6,9,11,14-15H,4-5,7-8,10H2,1H3. The van der Waals surface area contributed by atoms with E-state index in [0.29, 0.717) is 6.04 Å². The molecule has 0 fully saturated rings. The van der Waals surface area contributed by atoms with E-state index in [0.717, 1.165) is 38.0 Å². The van der Waals surface area contributed by atoms with Gasteiger partial charge in [0.1, 0.15) is 0 Å². The second kappa shape index (κ2) is 6.40. The van der Waals surface area contributed by atoms with E-state index in [4.69, 9.17) is 4.74 Å². The maximum Gasteiger partial charge on any atom is 0.0876 e. The fourth-order valence-corrected chi connectivity index (χ4v) is 2.19. The fourth-order valence-electron chi connectivity index (χ4n) is 2.19. The van der Waals surface area contributed by atoms with Crippen LogP contribution in [-0.4, -0.2) is 24.7 Å². The summed E-state index contributed by atoms with van der Waals surface area (Å²) in [5, 5.41) is 3.37. The van der Waals surface area contributed by atoms with Crippen molar-refractivity contribution in [3.05, 3.63) is 41.9 Å². The molecule has 0 aliphatic carbocycles. The van der Waals surface area contributed by atoms with Gasteiger partial charge in [0.2, 0.25) is 0 Å². The van der Waals surface area contributed by atoms with E-state index in [1.807, 2.05) is 31.6 Å². The lowest BCUT2D eigenvalue weighted by Gasteiger charge is -2.22. The molecule has 1 unspecified atom stereocenters. The van der Waals surface area contributed by atoms with Gasteiger partial charge in [-0.05, 0) is 50.4 Å². The minimum Gasteiger partial charge on any atom is -0.501 e. The number of aryl methyl sites for hydroxylation is 1. The van der Waals surface area contributed by atoms with E-state index in [-0.39, 0.29) is 0 Å². The largest absolute Gasteiger partial charge is 0.501 e. The van der Waals surface area contributed by atoms with Crippen molar-refractivity contribution < 1.29 is 4.74 Å². The van der Waals surface area contributed by atoms with Crippen LogP contribution in [0, 0.1) is 0 Å². The van der Waals surface area contributed by atoms with Gasteiger partial charge in [-0.2, -0.15) is 0 Å². The minimum atomic E-state index is 0.414. The normalized spacial score (nSPS) is 17.1. The lowest BCUT2D eigenvalue weighted by atomic mass is 9.97. The Morgan fingerprint density at radius 1 is 1.47 bits per heavy atom. The van der Waals surface area contributed by atoms with Gasteiger partial charge in [0.05, 0.1) is 12.9 Å². The summed E-state index contributed by atoms with van der Waals surface area (Å²) >= 11 is 0. The Morgan fingerprint density at radius 3 is 3.06 bits per heavy atom. The maximum absolute atomic E-state index is 5.40. The molecule has 0 bridgehead atoms. The van der Waals surface area contributed by atoms with Crippen molar-refractivity contribution in [1.29, 1.82) is 0 Å². The molecule has 0 amide bonds. The van der Waals surface area contributed by atoms with Crippen molar-refractivity contribution in [2.75, 3.05) is 13.7 Å². The lowest BCUT2D eigenvalue weighted by Crippen LogP contribution is -2.29. The monoisotopic (exact) mass is 232 g/mol. The van der Waals surface area contributed by atoms with Crippen LogP contribution in [0.5, 0.6) is 0 Å². The number of nitrogens with one attached hydrogen (secondary N) is 1. The molecule has 3 heteroatoms. The number of ether oxygens (including phenoxy) is 1. The van der Waals surface area contributed by atoms with Gasteiger partial charge in [0, 0.05) is 17.9 Å². The van der Waals surface area contributed by atoms with Crippen molar-refractivity contribution in [3.63, 3.8) is 0 Å². The quantitative estimate of drug-likeness (QED) is 0.846. The Bertz CT molecular complexity index is 362. The lowest BCUT2D eigenvalue weighted by molar-refractivity contribution is 0.219. The third-order valence-corrected chi connectivity index (χ3v) is 3.17. The molecule has 0 saturated heterocycles. The number of hydrogen-bond donors (Lipinski definition) is 1. The second-order valence-corrected chi connectivity index (χ2v) is 4.37. The van der Waals surface area contributed by atoms with Crippen LogP contribution in [0.1, 0.15) is 25.0 Å². The molecule has 2 rings (SSSR count). The summed E-state index contributed by atoms with van der Waals surface area (Å²) in [6, 6.07) is 6.49. The third kappa shape index (κ3) is 3.56. The maximum atomic E-state index is 5.40. The Hall–Kier alpha value is -1.35. The van der Waals surface area contributed by atoms with Gasteiger partial charge in [-0.25, -0.2) is 0 Å². The summed E-state index contributed by atoms with van der Waals surface area (Å²) in [6.07, 6.45) is 8.14. The Kier molecular flexibility index (Phi) is 4.56. The molecular weight excluding hydrogens is 212 g/mol. The van der Waals surface area contributed by atoms with Gasteiger partial charge in [-0.1, -0.05) is 6.07 Å². The van der Waals surface area contributed by atoms with Crippen LogP contribution in [0.3, 0.4) is 0 Å². The first-order chi connectivity index (χ1) is 8.40. The number of pyridine rings is 1. The van der Waals surface area contributed by atoms with Gasteiger partial charge in [-0.3, -0.25) is 4.98 Å². The Balaban J connectivity index is 1.89. The molecule has 1 aliphatic heterocycles. The molecular formula is C14H20N2O. The zero-order valence-electron chi connectivity index (χ0n) is 10.4. The van der Waals surface area contributed by atoms with Crippen molar-refractivity contribution in [3.8, 4) is 0 Å². The van der Waals surface area contributed by atoms with Gasteiger partial charge in [0.15, 0.2) is 0 Å². The average Bonchev–Trinajstić information content (AvgIpc) is 2.42. The topological polar surface area (TPSA) is 34.2 Å². The van der Waals surface area contributed by atoms with Crippen molar-refractivity contribution in [2.45, 2.75) is 31.7 Å². The van der Waals surface area contributed by atoms with E-state index >= 15 is 0 Å². The first-order valence-electron chi connectivity index (χ1n) is 6.28. The molecule has 1 aliphatic rings. The number of rotatable bonds is 5. The highest BCUT2D eigenvalue weighted by Gasteiger charge is 2.15. The molecule has 1 atom stereocenters. The van der Waals surface area contributed by atoms with E-state index in [2.05, 4.69) is 16.4 Å². The molecule has 0 radical (unpaired) electrons. The molecule has 0 saturated carbocycles. The van der Waals surface area contributed by atoms with Crippen LogP contribution in [0.25, 0.3) is 0 Å². The number of nitrogens with zero attached hydrogens (tertiary/aromatic N) is 1. The highest BCUT2D eigenvalue weighted by Crippen LogP contribution is 2.18. The molecule has 0 spiro atoms. The fraction of sp³-hybridized carbons (Fsp3) is 0.500. The average molecular weight is 232 g/mol. The van der Waals surface area contributed by atoms with Crippen LogP contribution in [0.4, 0.5) is 0 Å². The number of hydrogen-bond acceptors (Lipinski definition) is 3. The van der Waals surface area contributed by atoms with E-state index in [1.54, 1.807) is 0 Å². The van der Waals surface area contributed by atoms with Crippen LogP contribution in [-0.2, 0) is 11.2 Å². The molecule has 1 aromatic rings. The summed E-state index contributed by atoms with van der Waals surface area (Å²) in [5.74, 6) is 0. The van der Waals surface area contributed by atoms with Crippen molar-refractivity contribution >= 4 is 0 Å². The number of aromatic nitrogens is 1. The van der Waals surface area contributed by atoms with Crippen molar-refractivity contribution in [2.24, 2.45) is 0 Å².